The number of nitrogens with one attached hydrogen (secondary N) is 1. The zero-order valence-corrected chi connectivity index (χ0v) is 14.2. The number of hydrogen-bond acceptors (Lipinski definition) is 4. The van der Waals surface area contributed by atoms with Crippen LogP contribution >= 0.6 is 27.3 Å². The highest BCUT2D eigenvalue weighted by molar-refractivity contribution is 9.10. The molecule has 0 aliphatic carbocycles. The van der Waals surface area contributed by atoms with Crippen molar-refractivity contribution in [3.05, 3.63) is 51.9 Å². The van der Waals surface area contributed by atoms with Crippen LogP contribution in [0.2, 0.25) is 0 Å². The van der Waals surface area contributed by atoms with Gasteiger partial charge in [0.15, 0.2) is 6.61 Å². The zero-order chi connectivity index (χ0) is 15.5. The summed E-state index contributed by atoms with van der Waals surface area (Å²) in [5.41, 5.74) is 1.70. The normalized spacial score (nSPS) is 10.6. The van der Waals surface area contributed by atoms with Crippen molar-refractivity contribution in [1.82, 2.24) is 4.98 Å². The zero-order valence-electron chi connectivity index (χ0n) is 11.8. The molecule has 2 aromatic carbocycles. The van der Waals surface area contributed by atoms with Crippen LogP contribution in [-0.4, -0.2) is 17.5 Å². The molecule has 6 heteroatoms. The Balaban J connectivity index is 1.61. The Hall–Kier alpha value is -1.92. The van der Waals surface area contributed by atoms with Crippen molar-refractivity contribution in [3.8, 4) is 5.75 Å². The average molecular weight is 377 g/mol. The number of thiazole rings is 1. The molecule has 4 nitrogen and oxygen atoms in total. The maximum absolute atomic E-state index is 11.9. The molecule has 22 heavy (non-hydrogen) atoms. The van der Waals surface area contributed by atoms with Gasteiger partial charge in [0.05, 0.1) is 15.2 Å². The van der Waals surface area contributed by atoms with E-state index in [1.54, 1.807) is 11.3 Å². The molecule has 112 valence electrons. The predicted molar refractivity (Wildman–Crippen MR) is 92.6 cm³/mol. The van der Waals surface area contributed by atoms with E-state index in [2.05, 4.69) is 26.2 Å². The first-order valence-electron chi connectivity index (χ1n) is 6.65. The highest BCUT2D eigenvalue weighted by atomic mass is 79.9. The van der Waals surface area contributed by atoms with Crippen molar-refractivity contribution >= 4 is 49.1 Å². The second-order valence-corrected chi connectivity index (χ2v) is 6.86. The lowest BCUT2D eigenvalue weighted by Gasteiger charge is -2.07. The smallest absolute Gasteiger partial charge is 0.262 e. The number of carbonyl (C=O) groups excluding carboxylic acids is 1. The second kappa shape index (κ2) is 6.46. The Kier molecular flexibility index (Phi) is 4.40. The fourth-order valence-electron chi connectivity index (χ4n) is 1.99. The Morgan fingerprint density at radius 3 is 2.82 bits per heavy atom. The standard InChI is InChI=1S/C16H13BrN2O2S/c1-10-18-14-7-4-12(8-15(14)22-10)19-16(20)9-21-13-5-2-11(17)3-6-13/h2-8H,9H2,1H3,(H,19,20). The summed E-state index contributed by atoms with van der Waals surface area (Å²) >= 11 is 4.96. The van der Waals surface area contributed by atoms with Gasteiger partial charge in [-0.05, 0) is 49.4 Å². The topological polar surface area (TPSA) is 51.2 Å². The summed E-state index contributed by atoms with van der Waals surface area (Å²) in [4.78, 5) is 16.3. The summed E-state index contributed by atoms with van der Waals surface area (Å²) in [5, 5.41) is 3.84. The number of benzene rings is 2. The van der Waals surface area contributed by atoms with E-state index < -0.39 is 0 Å². The number of halogens is 1. The van der Waals surface area contributed by atoms with E-state index in [0.717, 1.165) is 25.4 Å². The molecule has 0 saturated carbocycles. The molecule has 1 aromatic heterocycles. The second-order valence-electron chi connectivity index (χ2n) is 4.71. The van der Waals surface area contributed by atoms with Crippen molar-refractivity contribution in [2.45, 2.75) is 6.92 Å². The van der Waals surface area contributed by atoms with Crippen molar-refractivity contribution in [2.75, 3.05) is 11.9 Å². The predicted octanol–water partition coefficient (Wildman–Crippen LogP) is 4.38. The molecular formula is C16H13BrN2O2S. The molecule has 0 atom stereocenters. The van der Waals surface area contributed by atoms with Crippen molar-refractivity contribution in [3.63, 3.8) is 0 Å². The van der Waals surface area contributed by atoms with E-state index in [9.17, 15) is 4.79 Å². The molecule has 1 amide bonds. The van der Waals surface area contributed by atoms with Crippen molar-refractivity contribution < 1.29 is 9.53 Å². The van der Waals surface area contributed by atoms with Crippen LogP contribution in [0.25, 0.3) is 10.2 Å². The van der Waals surface area contributed by atoms with E-state index in [-0.39, 0.29) is 12.5 Å². The Labute approximate surface area is 140 Å². The third kappa shape index (κ3) is 3.64. The number of aryl methyl sites for hydroxylation is 1. The molecule has 0 bridgehead atoms. The van der Waals surface area contributed by atoms with E-state index in [0.29, 0.717) is 5.75 Å². The van der Waals surface area contributed by atoms with Gasteiger partial charge in [0, 0.05) is 10.2 Å². The summed E-state index contributed by atoms with van der Waals surface area (Å²) in [6.07, 6.45) is 0. The minimum Gasteiger partial charge on any atom is -0.484 e. The first kappa shape index (κ1) is 15.0. The average Bonchev–Trinajstić information content (AvgIpc) is 2.86. The Morgan fingerprint density at radius 2 is 2.05 bits per heavy atom. The van der Waals surface area contributed by atoms with Gasteiger partial charge in [0.1, 0.15) is 5.75 Å². The highest BCUT2D eigenvalue weighted by Crippen LogP contribution is 2.24. The number of hydrogen-bond donors (Lipinski definition) is 1. The van der Waals surface area contributed by atoms with Gasteiger partial charge < -0.3 is 10.1 Å². The van der Waals surface area contributed by atoms with Gasteiger partial charge in [0.2, 0.25) is 0 Å². The fraction of sp³-hybridized carbons (Fsp3) is 0.125. The number of ether oxygens (including phenoxy) is 1. The van der Waals surface area contributed by atoms with Crippen LogP contribution in [0.3, 0.4) is 0 Å². The molecule has 0 aliphatic heterocycles. The fourth-order valence-corrected chi connectivity index (χ4v) is 3.13. The summed E-state index contributed by atoms with van der Waals surface area (Å²) < 4.78 is 7.47. The largest absolute Gasteiger partial charge is 0.484 e. The Morgan fingerprint density at radius 1 is 1.27 bits per heavy atom. The number of nitrogens with zero attached hydrogens (tertiary/aromatic N) is 1. The maximum atomic E-state index is 11.9. The van der Waals surface area contributed by atoms with Crippen molar-refractivity contribution in [1.29, 1.82) is 0 Å². The molecule has 0 spiro atoms. The van der Waals surface area contributed by atoms with Gasteiger partial charge in [-0.15, -0.1) is 11.3 Å². The summed E-state index contributed by atoms with van der Waals surface area (Å²) in [6.45, 7) is 1.94. The van der Waals surface area contributed by atoms with Gasteiger partial charge in [0.25, 0.3) is 5.91 Å². The van der Waals surface area contributed by atoms with Crippen LogP contribution in [0.4, 0.5) is 5.69 Å². The van der Waals surface area contributed by atoms with E-state index >= 15 is 0 Å². The lowest BCUT2D eigenvalue weighted by Crippen LogP contribution is -2.20. The summed E-state index contributed by atoms with van der Waals surface area (Å²) in [5.74, 6) is 0.468. The SMILES string of the molecule is Cc1nc2ccc(NC(=O)COc3ccc(Br)cc3)cc2s1. The highest BCUT2D eigenvalue weighted by Gasteiger charge is 2.06. The first-order valence-corrected chi connectivity index (χ1v) is 8.26. The summed E-state index contributed by atoms with van der Waals surface area (Å²) in [7, 11) is 0. The van der Waals surface area contributed by atoms with Gasteiger partial charge in [-0.1, -0.05) is 15.9 Å². The van der Waals surface area contributed by atoms with Crippen LogP contribution in [0.15, 0.2) is 46.9 Å². The number of fused-ring (bicyclic) bond motifs is 1. The third-order valence-corrected chi connectivity index (χ3v) is 4.42. The molecule has 3 rings (SSSR count). The molecule has 1 heterocycles. The van der Waals surface area contributed by atoms with E-state index in [4.69, 9.17) is 4.74 Å². The molecule has 0 radical (unpaired) electrons. The van der Waals surface area contributed by atoms with Gasteiger partial charge in [-0.25, -0.2) is 4.98 Å². The van der Waals surface area contributed by atoms with Gasteiger partial charge in [-0.3, -0.25) is 4.79 Å². The lowest BCUT2D eigenvalue weighted by molar-refractivity contribution is -0.118. The van der Waals surface area contributed by atoms with Gasteiger partial charge in [-0.2, -0.15) is 0 Å². The molecule has 3 aromatic rings. The Bertz CT molecular complexity index is 815. The number of rotatable bonds is 4. The van der Waals surface area contributed by atoms with Crippen LogP contribution in [0, 0.1) is 6.92 Å². The number of aromatic nitrogens is 1. The van der Waals surface area contributed by atoms with Gasteiger partial charge >= 0.3 is 0 Å². The first-order chi connectivity index (χ1) is 10.6. The van der Waals surface area contributed by atoms with Crippen LogP contribution in [0.1, 0.15) is 5.01 Å². The van der Waals surface area contributed by atoms with Crippen molar-refractivity contribution in [2.24, 2.45) is 0 Å². The number of amides is 1. The van der Waals surface area contributed by atoms with Crippen LogP contribution in [0.5, 0.6) is 5.75 Å². The molecular weight excluding hydrogens is 364 g/mol. The maximum Gasteiger partial charge on any atom is 0.262 e. The molecule has 0 unspecified atom stereocenters. The number of anilines is 1. The molecule has 1 N–H and O–H groups in total. The lowest BCUT2D eigenvalue weighted by atomic mass is 10.3. The van der Waals surface area contributed by atoms with E-state index in [1.807, 2.05) is 49.4 Å². The van der Waals surface area contributed by atoms with E-state index in [1.165, 1.54) is 0 Å². The quantitative estimate of drug-likeness (QED) is 0.734. The molecule has 0 aliphatic rings. The third-order valence-electron chi connectivity index (χ3n) is 2.96. The van der Waals surface area contributed by atoms with Crippen LogP contribution in [-0.2, 0) is 4.79 Å². The monoisotopic (exact) mass is 376 g/mol. The molecule has 0 fully saturated rings. The molecule has 0 saturated heterocycles. The number of carbonyl (C=O) groups is 1. The van der Waals surface area contributed by atoms with Crippen LogP contribution < -0.4 is 10.1 Å². The minimum atomic E-state index is -0.191. The summed E-state index contributed by atoms with van der Waals surface area (Å²) in [6, 6.07) is 13.0. The minimum absolute atomic E-state index is 0.0264.